The molecule has 0 aliphatic rings. The van der Waals surface area contributed by atoms with E-state index < -0.39 is 0 Å². The summed E-state index contributed by atoms with van der Waals surface area (Å²) in [6.45, 7) is 12.2. The van der Waals surface area contributed by atoms with Gasteiger partial charge in [0.2, 0.25) is 0 Å². The van der Waals surface area contributed by atoms with Crippen molar-refractivity contribution < 1.29 is 0 Å². The lowest BCUT2D eigenvalue weighted by molar-refractivity contribution is 0.424. The summed E-state index contributed by atoms with van der Waals surface area (Å²) < 4.78 is 0. The van der Waals surface area contributed by atoms with E-state index in [9.17, 15) is 0 Å². The summed E-state index contributed by atoms with van der Waals surface area (Å²) in [6.07, 6.45) is 1.22. The summed E-state index contributed by atoms with van der Waals surface area (Å²) in [7, 11) is 0. The first kappa shape index (κ1) is 11.9. The highest BCUT2D eigenvalue weighted by Gasteiger charge is 2.03. The SMILES string of the molecule is CCCNCCN[C@@H](C)C(C)C. The van der Waals surface area contributed by atoms with E-state index >= 15 is 0 Å². The van der Waals surface area contributed by atoms with Crippen LogP contribution >= 0.6 is 0 Å². The first-order chi connectivity index (χ1) is 5.68. The van der Waals surface area contributed by atoms with Crippen LogP contribution in [0.5, 0.6) is 0 Å². The molecule has 2 nitrogen and oxygen atoms in total. The summed E-state index contributed by atoms with van der Waals surface area (Å²) >= 11 is 0. The van der Waals surface area contributed by atoms with Crippen LogP contribution in [0, 0.1) is 5.92 Å². The molecule has 0 spiro atoms. The fourth-order valence-electron chi connectivity index (χ4n) is 0.926. The van der Waals surface area contributed by atoms with Gasteiger partial charge in [0.1, 0.15) is 0 Å². The van der Waals surface area contributed by atoms with Crippen molar-refractivity contribution in [1.29, 1.82) is 0 Å². The van der Waals surface area contributed by atoms with E-state index in [-0.39, 0.29) is 0 Å². The van der Waals surface area contributed by atoms with Crippen LogP contribution in [0.1, 0.15) is 34.1 Å². The molecule has 2 N–H and O–H groups in total. The highest BCUT2D eigenvalue weighted by molar-refractivity contribution is 4.64. The molecule has 0 saturated carbocycles. The zero-order chi connectivity index (χ0) is 9.40. The van der Waals surface area contributed by atoms with Gasteiger partial charge in [-0.25, -0.2) is 0 Å². The summed E-state index contributed by atoms with van der Waals surface area (Å²) in [5.41, 5.74) is 0. The third-order valence-electron chi connectivity index (χ3n) is 2.19. The second kappa shape index (κ2) is 7.56. The van der Waals surface area contributed by atoms with E-state index in [1.807, 2.05) is 0 Å². The van der Waals surface area contributed by atoms with Crippen LogP contribution in [0.4, 0.5) is 0 Å². The van der Waals surface area contributed by atoms with E-state index in [1.165, 1.54) is 6.42 Å². The van der Waals surface area contributed by atoms with Crippen LogP contribution in [0.2, 0.25) is 0 Å². The third-order valence-corrected chi connectivity index (χ3v) is 2.19. The van der Waals surface area contributed by atoms with Crippen LogP contribution in [0.15, 0.2) is 0 Å². The third kappa shape index (κ3) is 6.62. The van der Waals surface area contributed by atoms with Gasteiger partial charge in [-0.1, -0.05) is 20.8 Å². The zero-order valence-electron chi connectivity index (χ0n) is 8.98. The lowest BCUT2D eigenvalue weighted by Crippen LogP contribution is -2.36. The van der Waals surface area contributed by atoms with Crippen LogP contribution < -0.4 is 10.6 Å². The van der Waals surface area contributed by atoms with Gasteiger partial charge in [0, 0.05) is 19.1 Å². The minimum atomic E-state index is 0.633. The highest BCUT2D eigenvalue weighted by atomic mass is 15.0. The Labute approximate surface area is 77.1 Å². The molecule has 0 rings (SSSR count). The second-order valence-electron chi connectivity index (χ2n) is 3.74. The quantitative estimate of drug-likeness (QED) is 0.570. The Kier molecular flexibility index (Phi) is 7.51. The minimum absolute atomic E-state index is 0.633. The standard InChI is InChI=1S/C10H24N2/c1-5-6-11-7-8-12-10(4)9(2)3/h9-12H,5-8H2,1-4H3/t10-/m0/s1. The molecule has 0 aromatic carbocycles. The summed E-state index contributed by atoms with van der Waals surface area (Å²) in [5.74, 6) is 0.733. The molecule has 0 aliphatic heterocycles. The molecule has 0 unspecified atom stereocenters. The van der Waals surface area contributed by atoms with Crippen molar-refractivity contribution in [3.05, 3.63) is 0 Å². The Bertz CT molecular complexity index is 91.8. The van der Waals surface area contributed by atoms with Crippen LogP contribution in [-0.4, -0.2) is 25.7 Å². The predicted octanol–water partition coefficient (Wildman–Crippen LogP) is 1.62. The van der Waals surface area contributed by atoms with Crippen molar-refractivity contribution in [3.63, 3.8) is 0 Å². The summed E-state index contributed by atoms with van der Waals surface area (Å²) in [4.78, 5) is 0. The molecule has 74 valence electrons. The Morgan fingerprint density at radius 3 is 2.17 bits per heavy atom. The number of nitrogens with one attached hydrogen (secondary N) is 2. The van der Waals surface area contributed by atoms with E-state index in [0.29, 0.717) is 6.04 Å². The molecule has 12 heavy (non-hydrogen) atoms. The molecule has 0 aliphatic carbocycles. The normalized spacial score (nSPS) is 13.8. The van der Waals surface area contributed by atoms with E-state index in [2.05, 4.69) is 38.3 Å². The molecule has 0 heterocycles. The van der Waals surface area contributed by atoms with Gasteiger partial charge >= 0.3 is 0 Å². The lowest BCUT2D eigenvalue weighted by atomic mass is 10.1. The van der Waals surface area contributed by atoms with Gasteiger partial charge in [0.25, 0.3) is 0 Å². The Morgan fingerprint density at radius 2 is 1.67 bits per heavy atom. The number of rotatable bonds is 7. The zero-order valence-corrected chi connectivity index (χ0v) is 8.98. The molecule has 0 fully saturated rings. The van der Waals surface area contributed by atoms with E-state index in [4.69, 9.17) is 0 Å². The van der Waals surface area contributed by atoms with Gasteiger partial charge in [0.05, 0.1) is 0 Å². The molecule has 0 aromatic rings. The van der Waals surface area contributed by atoms with Gasteiger partial charge in [-0.3, -0.25) is 0 Å². The van der Waals surface area contributed by atoms with Gasteiger partial charge < -0.3 is 10.6 Å². The van der Waals surface area contributed by atoms with Crippen molar-refractivity contribution in [2.24, 2.45) is 5.92 Å². The van der Waals surface area contributed by atoms with Crippen LogP contribution in [0.25, 0.3) is 0 Å². The minimum Gasteiger partial charge on any atom is -0.315 e. The predicted molar refractivity (Wildman–Crippen MR) is 55.5 cm³/mol. The topological polar surface area (TPSA) is 24.1 Å². The van der Waals surface area contributed by atoms with Crippen molar-refractivity contribution in [1.82, 2.24) is 10.6 Å². The Balaban J connectivity index is 3.08. The van der Waals surface area contributed by atoms with Crippen molar-refractivity contribution in [3.8, 4) is 0 Å². The van der Waals surface area contributed by atoms with Crippen LogP contribution in [0.3, 0.4) is 0 Å². The van der Waals surface area contributed by atoms with Crippen molar-refractivity contribution >= 4 is 0 Å². The fraction of sp³-hybridized carbons (Fsp3) is 1.00. The van der Waals surface area contributed by atoms with E-state index in [1.54, 1.807) is 0 Å². The molecule has 0 radical (unpaired) electrons. The Morgan fingerprint density at radius 1 is 1.00 bits per heavy atom. The maximum atomic E-state index is 3.48. The largest absolute Gasteiger partial charge is 0.315 e. The lowest BCUT2D eigenvalue weighted by Gasteiger charge is -2.17. The van der Waals surface area contributed by atoms with E-state index in [0.717, 1.165) is 25.6 Å². The number of hydrogen-bond donors (Lipinski definition) is 2. The molecular weight excluding hydrogens is 148 g/mol. The molecule has 0 saturated heterocycles. The number of hydrogen-bond acceptors (Lipinski definition) is 2. The first-order valence-electron chi connectivity index (χ1n) is 5.12. The molecule has 0 bridgehead atoms. The van der Waals surface area contributed by atoms with Gasteiger partial charge in [0.15, 0.2) is 0 Å². The molecule has 1 atom stereocenters. The maximum Gasteiger partial charge on any atom is 0.00793 e. The molecule has 0 amide bonds. The summed E-state index contributed by atoms with van der Waals surface area (Å²) in [6, 6.07) is 0.633. The van der Waals surface area contributed by atoms with Crippen molar-refractivity contribution in [2.75, 3.05) is 19.6 Å². The second-order valence-corrected chi connectivity index (χ2v) is 3.74. The first-order valence-corrected chi connectivity index (χ1v) is 5.12. The van der Waals surface area contributed by atoms with Crippen molar-refractivity contribution in [2.45, 2.75) is 40.2 Å². The average molecular weight is 172 g/mol. The smallest absolute Gasteiger partial charge is 0.00793 e. The van der Waals surface area contributed by atoms with Gasteiger partial charge in [-0.15, -0.1) is 0 Å². The van der Waals surface area contributed by atoms with Crippen LogP contribution in [-0.2, 0) is 0 Å². The Hall–Kier alpha value is -0.0800. The highest BCUT2D eigenvalue weighted by Crippen LogP contribution is 1.98. The molecule has 0 aromatic heterocycles. The monoisotopic (exact) mass is 172 g/mol. The average Bonchev–Trinajstić information content (AvgIpc) is 2.03. The van der Waals surface area contributed by atoms with Gasteiger partial charge in [-0.05, 0) is 25.8 Å². The maximum absolute atomic E-state index is 3.48. The fourth-order valence-corrected chi connectivity index (χ4v) is 0.926. The summed E-state index contributed by atoms with van der Waals surface area (Å²) in [5, 5.41) is 6.85. The molecule has 2 heteroatoms. The van der Waals surface area contributed by atoms with Gasteiger partial charge in [-0.2, -0.15) is 0 Å². The molecular formula is C10H24N2.